The van der Waals surface area contributed by atoms with Gasteiger partial charge in [-0.3, -0.25) is 14.4 Å². The minimum absolute atomic E-state index is 0.0312. The van der Waals surface area contributed by atoms with Crippen molar-refractivity contribution in [1.29, 1.82) is 0 Å². The van der Waals surface area contributed by atoms with Gasteiger partial charge in [0.05, 0.1) is 18.8 Å². The Labute approximate surface area is 196 Å². The second-order valence-electron chi connectivity index (χ2n) is 7.83. The van der Waals surface area contributed by atoms with Crippen molar-refractivity contribution in [3.8, 4) is 0 Å². The molecule has 2 N–H and O–H groups in total. The van der Waals surface area contributed by atoms with Gasteiger partial charge in [-0.15, -0.1) is 0 Å². The molecule has 1 aromatic heterocycles. The molecule has 34 heavy (non-hydrogen) atoms. The summed E-state index contributed by atoms with van der Waals surface area (Å²) in [5, 5.41) is 9.03. The van der Waals surface area contributed by atoms with Gasteiger partial charge >= 0.3 is 5.97 Å². The molecule has 11 heteroatoms. The molecule has 1 saturated heterocycles. The predicted molar refractivity (Wildman–Crippen MR) is 121 cm³/mol. The van der Waals surface area contributed by atoms with Crippen LogP contribution in [-0.4, -0.2) is 61.8 Å². The summed E-state index contributed by atoms with van der Waals surface area (Å²) in [6.45, 7) is 2.49. The summed E-state index contributed by atoms with van der Waals surface area (Å²) >= 11 is 0. The number of methoxy groups -OCH3 is 1. The van der Waals surface area contributed by atoms with E-state index >= 15 is 0 Å². The van der Waals surface area contributed by atoms with E-state index in [9.17, 15) is 19.2 Å². The molecule has 3 rings (SSSR count). The van der Waals surface area contributed by atoms with E-state index in [-0.39, 0.29) is 37.2 Å². The molecule has 2 heterocycles. The maximum Gasteiger partial charge on any atom is 0.337 e. The lowest BCUT2D eigenvalue weighted by Gasteiger charge is -2.23. The molecule has 182 valence electrons. The van der Waals surface area contributed by atoms with E-state index in [1.807, 2.05) is 0 Å². The highest BCUT2D eigenvalue weighted by atomic mass is 16.5. The zero-order valence-corrected chi connectivity index (χ0v) is 19.2. The smallest absolute Gasteiger partial charge is 0.337 e. The summed E-state index contributed by atoms with van der Waals surface area (Å²) in [5.74, 6) is -0.905. The van der Waals surface area contributed by atoms with E-state index in [2.05, 4.69) is 15.8 Å². The zero-order chi connectivity index (χ0) is 24.5. The maximum atomic E-state index is 13.0. The van der Waals surface area contributed by atoms with Crippen LogP contribution in [0.4, 0.5) is 11.5 Å². The van der Waals surface area contributed by atoms with Gasteiger partial charge in [0.25, 0.3) is 0 Å². The molecule has 1 aliphatic heterocycles. The molecule has 1 aliphatic rings. The highest BCUT2D eigenvalue weighted by molar-refractivity contribution is 6.01. The highest BCUT2D eigenvalue weighted by Crippen LogP contribution is 2.18. The topological polar surface area (TPSA) is 140 Å². The van der Waals surface area contributed by atoms with Crippen LogP contribution in [0.3, 0.4) is 0 Å². The van der Waals surface area contributed by atoms with Crippen LogP contribution in [0, 0.1) is 6.92 Å². The minimum Gasteiger partial charge on any atom is -0.465 e. The molecule has 0 spiro atoms. The third kappa shape index (κ3) is 7.14. The predicted octanol–water partition coefficient (Wildman–Crippen LogP) is 1.82. The molecule has 0 saturated carbocycles. The van der Waals surface area contributed by atoms with Gasteiger partial charge in [0, 0.05) is 37.7 Å². The second-order valence-corrected chi connectivity index (χ2v) is 7.83. The lowest BCUT2D eigenvalue weighted by molar-refractivity contribution is -0.125. The number of nitrogens with one attached hydrogen (secondary N) is 2. The first-order valence-electron chi connectivity index (χ1n) is 11.0. The number of ether oxygens (including phenoxy) is 2. The number of hydrogen-bond acceptors (Lipinski definition) is 8. The van der Waals surface area contributed by atoms with Gasteiger partial charge in [-0.05, 0) is 44.0 Å². The number of aromatic nitrogens is 1. The monoisotopic (exact) mass is 472 g/mol. The number of esters is 1. The largest absolute Gasteiger partial charge is 0.465 e. The van der Waals surface area contributed by atoms with Crippen LogP contribution in [0.1, 0.15) is 41.8 Å². The molecular formula is C23H28N4O7. The van der Waals surface area contributed by atoms with E-state index in [1.54, 1.807) is 25.1 Å². The Morgan fingerprint density at radius 2 is 1.91 bits per heavy atom. The zero-order valence-electron chi connectivity index (χ0n) is 19.2. The summed E-state index contributed by atoms with van der Waals surface area (Å²) in [6, 6.07) is 7.68. The van der Waals surface area contributed by atoms with Crippen molar-refractivity contribution in [2.24, 2.45) is 0 Å². The molecule has 0 bridgehead atoms. The molecule has 2 aromatic rings. The first-order chi connectivity index (χ1) is 16.4. The molecule has 11 nitrogen and oxygen atoms in total. The summed E-state index contributed by atoms with van der Waals surface area (Å²) in [6.07, 6.45) is 1.54. The van der Waals surface area contributed by atoms with Crippen LogP contribution in [0.2, 0.25) is 0 Å². The molecule has 0 radical (unpaired) electrons. The van der Waals surface area contributed by atoms with Crippen LogP contribution < -0.4 is 15.5 Å². The van der Waals surface area contributed by atoms with Crippen molar-refractivity contribution in [2.45, 2.75) is 38.7 Å². The third-order valence-electron chi connectivity index (χ3n) is 5.22. The van der Waals surface area contributed by atoms with Crippen LogP contribution in [-0.2, 0) is 23.9 Å². The number of carbonyl (C=O) groups is 4. The average molecular weight is 472 g/mol. The van der Waals surface area contributed by atoms with Crippen molar-refractivity contribution >= 4 is 35.2 Å². The molecule has 1 atom stereocenters. The van der Waals surface area contributed by atoms with E-state index in [4.69, 9.17) is 14.0 Å². The summed E-state index contributed by atoms with van der Waals surface area (Å²) in [5.41, 5.74) is 0.723. The van der Waals surface area contributed by atoms with Crippen molar-refractivity contribution in [3.05, 3.63) is 41.7 Å². The number of amides is 3. The Balaban J connectivity index is 1.64. The van der Waals surface area contributed by atoms with Gasteiger partial charge < -0.3 is 29.5 Å². The lowest BCUT2D eigenvalue weighted by atomic mass is 10.1. The molecule has 1 fully saturated rings. The maximum absolute atomic E-state index is 13.0. The Bertz CT molecular complexity index is 1010. The fourth-order valence-electron chi connectivity index (χ4n) is 3.44. The fourth-order valence-corrected chi connectivity index (χ4v) is 3.44. The number of rotatable bonds is 10. The van der Waals surface area contributed by atoms with Crippen LogP contribution in [0.5, 0.6) is 0 Å². The summed E-state index contributed by atoms with van der Waals surface area (Å²) < 4.78 is 15.1. The number of aryl methyl sites for hydroxylation is 1. The Morgan fingerprint density at radius 3 is 2.53 bits per heavy atom. The number of nitrogens with zero attached hydrogens (tertiary/aromatic N) is 2. The minimum atomic E-state index is -0.515. The average Bonchev–Trinajstić information content (AvgIpc) is 3.51. The van der Waals surface area contributed by atoms with E-state index < -0.39 is 17.8 Å². The summed E-state index contributed by atoms with van der Waals surface area (Å²) in [7, 11) is 1.27. The number of hydrogen-bond donors (Lipinski definition) is 2. The number of anilines is 2. The molecule has 3 amide bonds. The Hall–Kier alpha value is -3.73. The lowest BCUT2D eigenvalue weighted by Crippen LogP contribution is -2.43. The van der Waals surface area contributed by atoms with Gasteiger partial charge in [-0.25, -0.2) is 4.79 Å². The van der Waals surface area contributed by atoms with E-state index in [1.165, 1.54) is 24.1 Å². The Kier molecular flexibility index (Phi) is 8.74. The first-order valence-corrected chi connectivity index (χ1v) is 11.0. The summed E-state index contributed by atoms with van der Waals surface area (Å²) in [4.78, 5) is 50.7. The Morgan fingerprint density at radius 1 is 1.15 bits per heavy atom. The van der Waals surface area contributed by atoms with Crippen molar-refractivity contribution in [1.82, 2.24) is 10.5 Å². The number of carbonyl (C=O) groups excluding carboxylic acids is 4. The number of benzene rings is 1. The standard InChI is InChI=1S/C23H28N4O7/c1-15-12-19(26-34-15)25-20(28)9-10-22(30)27(14-21(29)24-13-18-4-3-11-33-18)17-7-5-16(6-8-17)23(31)32-2/h5-8,12,18H,3-4,9-11,13-14H2,1-2H3,(H,24,29)(H,25,26,28). The van der Waals surface area contributed by atoms with Gasteiger partial charge in [-0.2, -0.15) is 0 Å². The highest BCUT2D eigenvalue weighted by Gasteiger charge is 2.22. The van der Waals surface area contributed by atoms with E-state index in [0.717, 1.165) is 12.8 Å². The van der Waals surface area contributed by atoms with Crippen LogP contribution >= 0.6 is 0 Å². The van der Waals surface area contributed by atoms with Gasteiger partial charge in [0.2, 0.25) is 17.7 Å². The van der Waals surface area contributed by atoms with Crippen molar-refractivity contribution in [3.63, 3.8) is 0 Å². The SMILES string of the molecule is COC(=O)c1ccc(N(CC(=O)NCC2CCCO2)C(=O)CCC(=O)Nc2cc(C)on2)cc1. The molecule has 1 unspecified atom stereocenters. The second kappa shape index (κ2) is 11.9. The third-order valence-corrected chi connectivity index (χ3v) is 5.22. The molecule has 0 aliphatic carbocycles. The van der Waals surface area contributed by atoms with Crippen LogP contribution in [0.25, 0.3) is 0 Å². The van der Waals surface area contributed by atoms with Gasteiger partial charge in [0.15, 0.2) is 5.82 Å². The van der Waals surface area contributed by atoms with Gasteiger partial charge in [-0.1, -0.05) is 5.16 Å². The first kappa shape index (κ1) is 24.9. The van der Waals surface area contributed by atoms with Gasteiger partial charge in [0.1, 0.15) is 12.3 Å². The van der Waals surface area contributed by atoms with Crippen LogP contribution in [0.15, 0.2) is 34.9 Å². The molecular weight excluding hydrogens is 444 g/mol. The van der Waals surface area contributed by atoms with Crippen molar-refractivity contribution < 1.29 is 33.2 Å². The normalized spacial score (nSPS) is 14.9. The fraction of sp³-hybridized carbons (Fsp3) is 0.435. The molecule has 1 aromatic carbocycles. The van der Waals surface area contributed by atoms with Crippen molar-refractivity contribution in [2.75, 3.05) is 37.0 Å². The quantitative estimate of drug-likeness (QED) is 0.499. The van der Waals surface area contributed by atoms with E-state index in [0.29, 0.717) is 30.2 Å².